The van der Waals surface area contributed by atoms with E-state index in [1.165, 1.54) is 37.1 Å². The molecule has 3 aliphatic rings. The Balaban J connectivity index is 1.35. The summed E-state index contributed by atoms with van der Waals surface area (Å²) >= 11 is 0. The third kappa shape index (κ3) is 3.05. The lowest BCUT2D eigenvalue weighted by atomic mass is 9.99. The van der Waals surface area contributed by atoms with Gasteiger partial charge in [-0.1, -0.05) is 12.8 Å². The molecule has 2 aliphatic heterocycles. The summed E-state index contributed by atoms with van der Waals surface area (Å²) in [5.41, 5.74) is 2.55. The van der Waals surface area contributed by atoms with Gasteiger partial charge in [-0.2, -0.15) is 0 Å². The monoisotopic (exact) mass is 369 g/mol. The predicted molar refractivity (Wildman–Crippen MR) is 99.1 cm³/mol. The van der Waals surface area contributed by atoms with Crippen LogP contribution in [0.2, 0.25) is 0 Å². The molecule has 1 atom stereocenters. The molecule has 0 aromatic carbocycles. The third-order valence-corrected chi connectivity index (χ3v) is 6.43. The molecule has 8 nitrogen and oxygen atoms in total. The number of hydrogen-bond donors (Lipinski definition) is 0. The molecular formula is C19H27N7O. The van der Waals surface area contributed by atoms with E-state index >= 15 is 0 Å². The van der Waals surface area contributed by atoms with Crippen LogP contribution in [-0.4, -0.2) is 66.2 Å². The van der Waals surface area contributed by atoms with Crippen molar-refractivity contribution in [2.24, 2.45) is 13.0 Å². The smallest absolute Gasteiger partial charge is 0.293 e. The van der Waals surface area contributed by atoms with Crippen LogP contribution < -0.4 is 0 Å². The second kappa shape index (κ2) is 6.74. The van der Waals surface area contributed by atoms with Gasteiger partial charge >= 0.3 is 0 Å². The molecule has 1 saturated heterocycles. The zero-order chi connectivity index (χ0) is 18.4. The summed E-state index contributed by atoms with van der Waals surface area (Å²) in [4.78, 5) is 26.1. The van der Waals surface area contributed by atoms with Gasteiger partial charge in [0.25, 0.3) is 5.91 Å². The second-order valence-electron chi connectivity index (χ2n) is 8.17. The number of carbonyl (C=O) groups is 1. The summed E-state index contributed by atoms with van der Waals surface area (Å²) in [6.45, 7) is 4.45. The van der Waals surface area contributed by atoms with E-state index in [1.54, 1.807) is 18.1 Å². The van der Waals surface area contributed by atoms with Crippen LogP contribution in [0.4, 0.5) is 0 Å². The topological polar surface area (TPSA) is 72.1 Å². The molecular weight excluding hydrogens is 342 g/mol. The first-order chi connectivity index (χ1) is 13.2. The summed E-state index contributed by atoms with van der Waals surface area (Å²) < 4.78 is 3.97. The first-order valence-electron chi connectivity index (χ1n) is 10.1. The first kappa shape index (κ1) is 16.9. The van der Waals surface area contributed by atoms with Crippen molar-refractivity contribution in [2.45, 2.75) is 44.7 Å². The Hall–Kier alpha value is -2.22. The Kier molecular flexibility index (Phi) is 4.22. The maximum absolute atomic E-state index is 12.8. The highest BCUT2D eigenvalue weighted by molar-refractivity contribution is 5.90. The van der Waals surface area contributed by atoms with Crippen LogP contribution in [0.15, 0.2) is 12.7 Å². The van der Waals surface area contributed by atoms with Crippen molar-refractivity contribution in [3.63, 3.8) is 0 Å². The molecule has 2 aromatic rings. The Morgan fingerprint density at radius 3 is 2.78 bits per heavy atom. The average molecular weight is 369 g/mol. The van der Waals surface area contributed by atoms with Crippen LogP contribution in [0.3, 0.4) is 0 Å². The van der Waals surface area contributed by atoms with Gasteiger partial charge in [0.15, 0.2) is 0 Å². The van der Waals surface area contributed by atoms with Gasteiger partial charge in [-0.05, 0) is 18.8 Å². The van der Waals surface area contributed by atoms with Gasteiger partial charge < -0.3 is 9.47 Å². The predicted octanol–water partition coefficient (Wildman–Crippen LogP) is 1.26. The van der Waals surface area contributed by atoms with E-state index in [4.69, 9.17) is 4.98 Å². The fourth-order valence-corrected chi connectivity index (χ4v) is 4.96. The van der Waals surface area contributed by atoms with Crippen molar-refractivity contribution in [1.29, 1.82) is 0 Å². The molecule has 0 spiro atoms. The molecule has 27 heavy (non-hydrogen) atoms. The first-order valence-corrected chi connectivity index (χ1v) is 10.1. The quantitative estimate of drug-likeness (QED) is 0.814. The summed E-state index contributed by atoms with van der Waals surface area (Å²) in [6, 6.07) is 0.194. The summed E-state index contributed by atoms with van der Waals surface area (Å²) in [6.07, 6.45) is 10.1. The van der Waals surface area contributed by atoms with E-state index in [1.807, 2.05) is 11.2 Å². The second-order valence-corrected chi connectivity index (χ2v) is 8.17. The molecule has 1 saturated carbocycles. The number of hydrogen-bond acceptors (Lipinski definition) is 5. The van der Waals surface area contributed by atoms with Gasteiger partial charge in [0.05, 0.1) is 18.1 Å². The van der Waals surface area contributed by atoms with E-state index in [0.29, 0.717) is 6.54 Å². The number of rotatable bonds is 3. The van der Waals surface area contributed by atoms with Crippen molar-refractivity contribution < 1.29 is 4.79 Å². The van der Waals surface area contributed by atoms with Crippen molar-refractivity contribution in [3.05, 3.63) is 29.9 Å². The fraction of sp³-hybridized carbons (Fsp3) is 0.684. The van der Waals surface area contributed by atoms with Crippen molar-refractivity contribution in [2.75, 3.05) is 26.2 Å². The van der Waals surface area contributed by atoms with Gasteiger partial charge in [-0.15, -0.1) is 5.10 Å². The Morgan fingerprint density at radius 1 is 1.15 bits per heavy atom. The molecule has 0 radical (unpaired) electrons. The number of aryl methyl sites for hydroxylation is 1. The number of amides is 1. The minimum atomic E-state index is -0.0761. The molecule has 1 amide bonds. The van der Waals surface area contributed by atoms with E-state index in [0.717, 1.165) is 38.5 Å². The van der Waals surface area contributed by atoms with Crippen LogP contribution in [0.5, 0.6) is 0 Å². The van der Waals surface area contributed by atoms with E-state index in [-0.39, 0.29) is 17.8 Å². The van der Waals surface area contributed by atoms with Gasteiger partial charge in [-0.25, -0.2) is 9.97 Å². The molecule has 4 heterocycles. The van der Waals surface area contributed by atoms with Crippen LogP contribution in [-0.2, 0) is 20.0 Å². The number of nitrogens with zero attached hydrogens (tertiary/aromatic N) is 7. The molecule has 0 N–H and O–H groups in total. The minimum absolute atomic E-state index is 0.0761. The maximum Gasteiger partial charge on any atom is 0.293 e. The number of fused-ring (bicyclic) bond motifs is 3. The molecule has 8 heteroatoms. The highest BCUT2D eigenvalue weighted by atomic mass is 16.2. The normalized spacial score (nSPS) is 23.4. The fourth-order valence-electron chi connectivity index (χ4n) is 4.96. The lowest BCUT2D eigenvalue weighted by Crippen LogP contribution is -2.52. The number of aromatic nitrogens is 5. The maximum atomic E-state index is 12.8. The van der Waals surface area contributed by atoms with Crippen LogP contribution in [0.25, 0.3) is 0 Å². The summed E-state index contributed by atoms with van der Waals surface area (Å²) in [7, 11) is 1.78. The minimum Gasteiger partial charge on any atom is -0.334 e. The standard InChI is InChI=1S/C19H27N7O/c1-23-12-21-18(22-23)19(27)25-9-8-24-7-6-15-17(16(24)11-25)20-13-26(15)10-14-4-2-3-5-14/h12-14,16H,2-11H2,1H3. The van der Waals surface area contributed by atoms with E-state index < -0.39 is 0 Å². The Labute approximate surface area is 159 Å². The van der Waals surface area contributed by atoms with Gasteiger partial charge in [-0.3, -0.25) is 14.4 Å². The van der Waals surface area contributed by atoms with Crippen molar-refractivity contribution in [1.82, 2.24) is 34.1 Å². The Bertz CT molecular complexity index is 835. The molecule has 1 aliphatic carbocycles. The number of piperazine rings is 1. The van der Waals surface area contributed by atoms with Crippen LogP contribution >= 0.6 is 0 Å². The van der Waals surface area contributed by atoms with Crippen molar-refractivity contribution in [3.8, 4) is 0 Å². The van der Waals surface area contributed by atoms with Crippen molar-refractivity contribution >= 4 is 5.91 Å². The Morgan fingerprint density at radius 2 is 2.00 bits per heavy atom. The van der Waals surface area contributed by atoms with Gasteiger partial charge in [0.2, 0.25) is 5.82 Å². The van der Waals surface area contributed by atoms with Gasteiger partial charge in [0, 0.05) is 51.9 Å². The van der Waals surface area contributed by atoms with Gasteiger partial charge in [0.1, 0.15) is 6.33 Å². The zero-order valence-corrected chi connectivity index (χ0v) is 15.9. The molecule has 5 rings (SSSR count). The van der Waals surface area contributed by atoms with E-state index in [9.17, 15) is 4.79 Å². The summed E-state index contributed by atoms with van der Waals surface area (Å²) in [5, 5.41) is 4.18. The average Bonchev–Trinajstić information content (AvgIpc) is 3.43. The largest absolute Gasteiger partial charge is 0.334 e. The SMILES string of the molecule is Cn1cnc(C(=O)N2CCN3CCc4c(ncn4CC4CCCC4)C3C2)n1. The molecule has 2 aromatic heterocycles. The molecule has 2 fully saturated rings. The number of imidazole rings is 1. The zero-order valence-electron chi connectivity index (χ0n) is 15.9. The van der Waals surface area contributed by atoms with Crippen LogP contribution in [0.1, 0.15) is 53.7 Å². The lowest BCUT2D eigenvalue weighted by Gasteiger charge is -2.43. The molecule has 1 unspecified atom stereocenters. The third-order valence-electron chi connectivity index (χ3n) is 6.43. The highest BCUT2D eigenvalue weighted by Gasteiger charge is 2.37. The molecule has 144 valence electrons. The lowest BCUT2D eigenvalue weighted by molar-refractivity contribution is 0.0431. The molecule has 0 bridgehead atoms. The summed E-state index contributed by atoms with van der Waals surface area (Å²) in [5.74, 6) is 1.02. The highest BCUT2D eigenvalue weighted by Crippen LogP contribution is 2.33. The number of carbonyl (C=O) groups excluding carboxylic acids is 1. The van der Waals surface area contributed by atoms with Crippen LogP contribution in [0, 0.1) is 5.92 Å². The van der Waals surface area contributed by atoms with E-state index in [2.05, 4.69) is 19.5 Å².